The average Bonchev–Trinajstić information content (AvgIpc) is 2.81. The van der Waals surface area contributed by atoms with Crippen LogP contribution >= 0.6 is 0 Å². The van der Waals surface area contributed by atoms with E-state index in [1.807, 2.05) is 34.6 Å². The van der Waals surface area contributed by atoms with Crippen molar-refractivity contribution >= 4 is 11.9 Å². The zero-order valence-electron chi connectivity index (χ0n) is 15.2. The summed E-state index contributed by atoms with van der Waals surface area (Å²) in [5.41, 5.74) is -0.966. The number of hydrogen-bond donors (Lipinski definition) is 1. The highest BCUT2D eigenvalue weighted by Crippen LogP contribution is 2.19. The number of hydrogen-bond acceptors (Lipinski definition) is 6. The van der Waals surface area contributed by atoms with Crippen LogP contribution in [0.25, 0.3) is 0 Å². The third-order valence-electron chi connectivity index (χ3n) is 2.93. The van der Waals surface area contributed by atoms with Gasteiger partial charge in [0, 0.05) is 5.41 Å². The van der Waals surface area contributed by atoms with Gasteiger partial charge in [0.2, 0.25) is 5.78 Å². The first-order valence-electron chi connectivity index (χ1n) is 7.69. The van der Waals surface area contributed by atoms with Gasteiger partial charge in [0.15, 0.2) is 5.82 Å². The summed E-state index contributed by atoms with van der Waals surface area (Å²) in [6, 6.07) is -0.793. The van der Waals surface area contributed by atoms with E-state index in [0.717, 1.165) is 0 Å². The number of ether oxygens (including phenoxy) is 1. The van der Waals surface area contributed by atoms with Crippen molar-refractivity contribution in [1.82, 2.24) is 15.5 Å². The number of Topliss-reactive ketones (excluding diaryl/α,β-unsaturated/α-hetero) is 1. The molecule has 1 N–H and O–H groups in total. The highest BCUT2D eigenvalue weighted by molar-refractivity contribution is 5.98. The van der Waals surface area contributed by atoms with Gasteiger partial charge >= 0.3 is 6.09 Å². The summed E-state index contributed by atoms with van der Waals surface area (Å²) in [6.45, 7) is 14.7. The van der Waals surface area contributed by atoms with Gasteiger partial charge in [-0.25, -0.2) is 4.79 Å². The van der Waals surface area contributed by atoms with E-state index in [4.69, 9.17) is 9.26 Å². The molecule has 0 spiro atoms. The SMILES string of the molecule is CC(C)C(NC(=O)OC(C)(C)C)C(=O)c1nc(C(C)(C)C)no1. The summed E-state index contributed by atoms with van der Waals surface area (Å²) in [5, 5.41) is 6.42. The minimum atomic E-state index is -0.793. The van der Waals surface area contributed by atoms with Crippen molar-refractivity contribution in [3.8, 4) is 0 Å². The van der Waals surface area contributed by atoms with Gasteiger partial charge in [-0.3, -0.25) is 4.79 Å². The van der Waals surface area contributed by atoms with Crippen molar-refractivity contribution in [1.29, 1.82) is 0 Å². The number of alkyl carbamates (subject to hydrolysis) is 1. The van der Waals surface area contributed by atoms with E-state index in [1.54, 1.807) is 20.8 Å². The van der Waals surface area contributed by atoms with Crippen LogP contribution in [0, 0.1) is 5.92 Å². The Labute approximate surface area is 137 Å². The van der Waals surface area contributed by atoms with Crippen LogP contribution in [0.15, 0.2) is 4.52 Å². The quantitative estimate of drug-likeness (QED) is 0.855. The predicted octanol–water partition coefficient (Wildman–Crippen LogP) is 3.10. The lowest BCUT2D eigenvalue weighted by atomic mass is 9.96. The molecule has 1 aromatic rings. The Bertz CT molecular complexity index is 565. The first kappa shape index (κ1) is 19.1. The molecule has 0 radical (unpaired) electrons. The summed E-state index contributed by atoms with van der Waals surface area (Å²) in [5.74, 6) is -0.237. The lowest BCUT2D eigenvalue weighted by molar-refractivity contribution is 0.0471. The number of nitrogens with zero attached hydrogens (tertiary/aromatic N) is 2. The molecule has 0 fully saturated rings. The fourth-order valence-electron chi connectivity index (χ4n) is 1.73. The Balaban J connectivity index is 2.91. The smallest absolute Gasteiger partial charge is 0.408 e. The van der Waals surface area contributed by atoms with Crippen LogP contribution < -0.4 is 5.32 Å². The van der Waals surface area contributed by atoms with Gasteiger partial charge < -0.3 is 14.6 Å². The Morgan fingerprint density at radius 1 is 1.13 bits per heavy atom. The molecule has 1 heterocycles. The summed E-state index contributed by atoms with van der Waals surface area (Å²) < 4.78 is 10.3. The van der Waals surface area contributed by atoms with Crippen molar-refractivity contribution in [2.75, 3.05) is 0 Å². The van der Waals surface area contributed by atoms with Gasteiger partial charge in [-0.1, -0.05) is 39.8 Å². The Kier molecular flexibility index (Phi) is 5.56. The van der Waals surface area contributed by atoms with Crippen molar-refractivity contribution in [3.63, 3.8) is 0 Å². The van der Waals surface area contributed by atoms with Crippen LogP contribution in [0.3, 0.4) is 0 Å². The number of rotatable bonds is 4. The van der Waals surface area contributed by atoms with Crippen molar-refractivity contribution in [2.24, 2.45) is 5.92 Å². The third kappa shape index (κ3) is 5.65. The highest BCUT2D eigenvalue weighted by Gasteiger charge is 2.32. The average molecular weight is 325 g/mol. The second-order valence-electron chi connectivity index (χ2n) is 7.91. The molecule has 7 nitrogen and oxygen atoms in total. The van der Waals surface area contributed by atoms with Crippen LogP contribution in [-0.4, -0.2) is 33.7 Å². The summed E-state index contributed by atoms with van der Waals surface area (Å²) in [4.78, 5) is 28.6. The Morgan fingerprint density at radius 3 is 2.09 bits per heavy atom. The van der Waals surface area contributed by atoms with Gasteiger partial charge in [-0.2, -0.15) is 4.98 Å². The van der Waals surface area contributed by atoms with Gasteiger partial charge in [-0.15, -0.1) is 0 Å². The Morgan fingerprint density at radius 2 is 1.70 bits per heavy atom. The van der Waals surface area contributed by atoms with Crippen molar-refractivity contribution < 1.29 is 18.8 Å². The van der Waals surface area contributed by atoms with Crippen LogP contribution in [0.1, 0.15) is 71.9 Å². The monoisotopic (exact) mass is 325 g/mol. The largest absolute Gasteiger partial charge is 0.444 e. The summed E-state index contributed by atoms with van der Waals surface area (Å²) >= 11 is 0. The topological polar surface area (TPSA) is 94.3 Å². The third-order valence-corrected chi connectivity index (χ3v) is 2.93. The molecule has 0 saturated heterocycles. The van der Waals surface area contributed by atoms with Gasteiger partial charge in [0.05, 0.1) is 0 Å². The van der Waals surface area contributed by atoms with E-state index >= 15 is 0 Å². The maximum absolute atomic E-state index is 12.6. The van der Waals surface area contributed by atoms with E-state index in [0.29, 0.717) is 5.82 Å². The molecule has 1 rings (SSSR count). The van der Waals surface area contributed by atoms with E-state index in [9.17, 15) is 9.59 Å². The maximum atomic E-state index is 12.6. The molecule has 1 aromatic heterocycles. The molecule has 1 unspecified atom stereocenters. The molecule has 1 amide bonds. The number of ketones is 1. The van der Waals surface area contributed by atoms with Crippen LogP contribution in [0.5, 0.6) is 0 Å². The lowest BCUT2D eigenvalue weighted by Crippen LogP contribution is -2.46. The normalized spacial score (nSPS) is 13.8. The van der Waals surface area contributed by atoms with Gasteiger partial charge in [-0.05, 0) is 26.7 Å². The predicted molar refractivity (Wildman–Crippen MR) is 85.3 cm³/mol. The van der Waals surface area contributed by atoms with Gasteiger partial charge in [0.25, 0.3) is 5.89 Å². The molecule has 7 heteroatoms. The van der Waals surface area contributed by atoms with Crippen LogP contribution in [0.4, 0.5) is 4.79 Å². The molecular weight excluding hydrogens is 298 g/mol. The maximum Gasteiger partial charge on any atom is 0.408 e. The molecule has 0 bridgehead atoms. The molecule has 130 valence electrons. The molecule has 0 aliphatic carbocycles. The molecule has 1 atom stereocenters. The summed E-state index contributed by atoms with van der Waals surface area (Å²) in [6.07, 6.45) is -0.653. The van der Waals surface area contributed by atoms with Crippen LogP contribution in [-0.2, 0) is 10.2 Å². The standard InChI is InChI=1S/C16H27N3O4/c1-9(2)10(17-14(21)22-16(6,7)8)11(20)12-18-13(19-23-12)15(3,4)5/h9-10H,1-8H3,(H,17,21). The zero-order chi connectivity index (χ0) is 18.0. The van der Waals surface area contributed by atoms with Gasteiger partial charge in [0.1, 0.15) is 11.6 Å². The van der Waals surface area contributed by atoms with Crippen molar-refractivity contribution in [2.45, 2.75) is 72.4 Å². The minimum absolute atomic E-state index is 0.107. The second kappa shape index (κ2) is 6.68. The first-order valence-corrected chi connectivity index (χ1v) is 7.69. The van der Waals surface area contributed by atoms with E-state index < -0.39 is 23.5 Å². The van der Waals surface area contributed by atoms with Crippen molar-refractivity contribution in [3.05, 3.63) is 11.7 Å². The molecular formula is C16H27N3O4. The zero-order valence-corrected chi connectivity index (χ0v) is 15.2. The minimum Gasteiger partial charge on any atom is -0.444 e. The fourth-order valence-corrected chi connectivity index (χ4v) is 1.73. The van der Waals surface area contributed by atoms with E-state index in [1.165, 1.54) is 0 Å². The van der Waals surface area contributed by atoms with Crippen LogP contribution in [0.2, 0.25) is 0 Å². The molecule has 0 aromatic carbocycles. The first-order chi connectivity index (χ1) is 10.3. The number of carbonyl (C=O) groups is 2. The number of nitrogens with one attached hydrogen (secondary N) is 1. The van der Waals surface area contributed by atoms with E-state index in [2.05, 4.69) is 15.5 Å². The number of aromatic nitrogens is 2. The molecule has 0 aliphatic heterocycles. The highest BCUT2D eigenvalue weighted by atomic mass is 16.6. The number of amides is 1. The Hall–Kier alpha value is -1.92. The second-order valence-corrected chi connectivity index (χ2v) is 7.91. The van der Waals surface area contributed by atoms with E-state index in [-0.39, 0.29) is 17.2 Å². The number of carbonyl (C=O) groups excluding carboxylic acids is 2. The lowest BCUT2D eigenvalue weighted by Gasteiger charge is -2.24. The molecule has 23 heavy (non-hydrogen) atoms. The fraction of sp³-hybridized carbons (Fsp3) is 0.750. The molecule has 0 aliphatic rings. The molecule has 0 saturated carbocycles. The summed E-state index contributed by atoms with van der Waals surface area (Å²) in [7, 11) is 0.